The first kappa shape index (κ1) is 14.7. The van der Waals surface area contributed by atoms with Crippen LogP contribution in [-0.2, 0) is 12.8 Å². The van der Waals surface area contributed by atoms with E-state index in [1.165, 1.54) is 17.7 Å². The van der Waals surface area contributed by atoms with Gasteiger partial charge in [0.15, 0.2) is 11.6 Å². The van der Waals surface area contributed by atoms with Crippen LogP contribution in [-0.4, -0.2) is 11.2 Å². The predicted octanol–water partition coefficient (Wildman–Crippen LogP) is 3.73. The Balaban J connectivity index is 2.07. The van der Waals surface area contributed by atoms with E-state index in [1.54, 1.807) is 0 Å². The zero-order valence-corrected chi connectivity index (χ0v) is 11.7. The molecule has 1 nitrogen and oxygen atoms in total. The Morgan fingerprint density at radius 3 is 2.45 bits per heavy atom. The van der Waals surface area contributed by atoms with Crippen LogP contribution in [0.4, 0.5) is 8.78 Å². The molecule has 0 bridgehead atoms. The van der Waals surface area contributed by atoms with Crippen molar-refractivity contribution in [3.05, 3.63) is 70.3 Å². The van der Waals surface area contributed by atoms with Crippen molar-refractivity contribution in [1.29, 1.82) is 0 Å². The van der Waals surface area contributed by atoms with Gasteiger partial charge < -0.3 is 5.11 Å². The molecule has 2 rings (SSSR count). The Morgan fingerprint density at radius 1 is 1.00 bits per heavy atom. The number of aryl methyl sites for hydroxylation is 2. The van der Waals surface area contributed by atoms with E-state index in [0.29, 0.717) is 6.42 Å². The van der Waals surface area contributed by atoms with E-state index in [0.717, 1.165) is 17.2 Å². The molecule has 0 saturated heterocycles. The molecule has 0 radical (unpaired) electrons. The topological polar surface area (TPSA) is 20.2 Å². The minimum absolute atomic E-state index is 0.108. The first-order chi connectivity index (χ1) is 9.47. The molecule has 1 unspecified atom stereocenters. The molecule has 0 heterocycles. The number of benzene rings is 2. The highest BCUT2D eigenvalue weighted by atomic mass is 19.2. The fourth-order valence-corrected chi connectivity index (χ4v) is 2.23. The summed E-state index contributed by atoms with van der Waals surface area (Å²) in [4.78, 5) is 0. The van der Waals surface area contributed by atoms with Crippen molar-refractivity contribution in [3.63, 3.8) is 0 Å². The monoisotopic (exact) mass is 276 g/mol. The maximum atomic E-state index is 13.5. The molecule has 0 fully saturated rings. The average molecular weight is 276 g/mol. The molecule has 1 atom stereocenters. The van der Waals surface area contributed by atoms with E-state index < -0.39 is 17.7 Å². The van der Waals surface area contributed by atoms with Gasteiger partial charge in [-0.25, -0.2) is 8.78 Å². The summed E-state index contributed by atoms with van der Waals surface area (Å²) in [7, 11) is 0. The van der Waals surface area contributed by atoms with Gasteiger partial charge in [-0.15, -0.1) is 0 Å². The van der Waals surface area contributed by atoms with E-state index in [4.69, 9.17) is 0 Å². The van der Waals surface area contributed by atoms with Crippen molar-refractivity contribution in [2.45, 2.75) is 32.8 Å². The molecular formula is C17H18F2O. The van der Waals surface area contributed by atoms with E-state index >= 15 is 0 Å². The molecule has 0 saturated carbocycles. The lowest BCUT2D eigenvalue weighted by Crippen LogP contribution is -2.15. The molecule has 2 aromatic rings. The number of rotatable bonds is 4. The van der Waals surface area contributed by atoms with Crippen LogP contribution < -0.4 is 0 Å². The van der Waals surface area contributed by atoms with Gasteiger partial charge in [-0.2, -0.15) is 0 Å². The van der Waals surface area contributed by atoms with Crippen LogP contribution in [0, 0.1) is 25.5 Å². The quantitative estimate of drug-likeness (QED) is 0.902. The SMILES string of the molecule is Cc1ccc(CC(O)Cc2cccc(F)c2F)cc1C. The Kier molecular flexibility index (Phi) is 4.50. The van der Waals surface area contributed by atoms with Crippen molar-refractivity contribution < 1.29 is 13.9 Å². The number of aliphatic hydroxyl groups excluding tert-OH is 1. The Labute approximate surface area is 117 Å². The highest BCUT2D eigenvalue weighted by Crippen LogP contribution is 2.16. The Hall–Kier alpha value is -1.74. The lowest BCUT2D eigenvalue weighted by molar-refractivity contribution is 0.174. The third kappa shape index (κ3) is 3.42. The van der Waals surface area contributed by atoms with Gasteiger partial charge in [0.05, 0.1) is 6.10 Å². The number of halogens is 2. The van der Waals surface area contributed by atoms with Crippen molar-refractivity contribution in [1.82, 2.24) is 0 Å². The minimum Gasteiger partial charge on any atom is -0.392 e. The van der Waals surface area contributed by atoms with Crippen molar-refractivity contribution in [2.24, 2.45) is 0 Å². The molecule has 0 aliphatic rings. The number of hydrogen-bond acceptors (Lipinski definition) is 1. The molecule has 0 amide bonds. The molecule has 3 heteroatoms. The van der Waals surface area contributed by atoms with Crippen LogP contribution in [0.25, 0.3) is 0 Å². The zero-order valence-electron chi connectivity index (χ0n) is 11.7. The molecule has 0 aromatic heterocycles. The molecule has 106 valence electrons. The van der Waals surface area contributed by atoms with Gasteiger partial charge in [-0.05, 0) is 48.6 Å². The lowest BCUT2D eigenvalue weighted by atomic mass is 9.98. The van der Waals surface area contributed by atoms with E-state index in [9.17, 15) is 13.9 Å². The van der Waals surface area contributed by atoms with Crippen LogP contribution in [0.5, 0.6) is 0 Å². The summed E-state index contributed by atoms with van der Waals surface area (Å²) >= 11 is 0. The minimum atomic E-state index is -0.874. The van der Waals surface area contributed by atoms with Crippen molar-refractivity contribution in [2.75, 3.05) is 0 Å². The van der Waals surface area contributed by atoms with E-state index in [2.05, 4.69) is 0 Å². The summed E-state index contributed by atoms with van der Waals surface area (Å²) < 4.78 is 26.6. The first-order valence-electron chi connectivity index (χ1n) is 6.64. The van der Waals surface area contributed by atoms with Gasteiger partial charge in [0, 0.05) is 6.42 Å². The molecule has 0 aliphatic heterocycles. The normalized spacial score (nSPS) is 12.4. The van der Waals surface area contributed by atoms with Crippen molar-refractivity contribution in [3.8, 4) is 0 Å². The maximum absolute atomic E-state index is 13.5. The smallest absolute Gasteiger partial charge is 0.162 e. The van der Waals surface area contributed by atoms with E-state index in [1.807, 2.05) is 32.0 Å². The molecule has 0 aliphatic carbocycles. The van der Waals surface area contributed by atoms with Gasteiger partial charge in [0.2, 0.25) is 0 Å². The van der Waals surface area contributed by atoms with E-state index in [-0.39, 0.29) is 12.0 Å². The fourth-order valence-electron chi connectivity index (χ4n) is 2.23. The van der Waals surface area contributed by atoms with Crippen LogP contribution in [0.15, 0.2) is 36.4 Å². The van der Waals surface area contributed by atoms with Crippen LogP contribution in [0.1, 0.15) is 22.3 Å². The largest absolute Gasteiger partial charge is 0.392 e. The predicted molar refractivity (Wildman–Crippen MR) is 75.7 cm³/mol. The second kappa shape index (κ2) is 6.14. The summed E-state index contributed by atoms with van der Waals surface area (Å²) in [5, 5.41) is 10.0. The summed E-state index contributed by atoms with van der Waals surface area (Å²) in [6, 6.07) is 10.0. The Morgan fingerprint density at radius 2 is 1.75 bits per heavy atom. The molecule has 20 heavy (non-hydrogen) atoms. The summed E-state index contributed by atoms with van der Waals surface area (Å²) in [5.41, 5.74) is 3.56. The lowest BCUT2D eigenvalue weighted by Gasteiger charge is -2.12. The van der Waals surface area contributed by atoms with Crippen LogP contribution in [0.3, 0.4) is 0 Å². The summed E-state index contributed by atoms with van der Waals surface area (Å²) in [6.45, 7) is 4.04. The summed E-state index contributed by atoms with van der Waals surface area (Å²) in [5.74, 6) is -1.74. The van der Waals surface area contributed by atoms with Crippen molar-refractivity contribution >= 4 is 0 Å². The number of hydrogen-bond donors (Lipinski definition) is 1. The number of aliphatic hydroxyl groups is 1. The third-order valence-corrected chi connectivity index (χ3v) is 3.53. The fraction of sp³-hybridized carbons (Fsp3) is 0.294. The average Bonchev–Trinajstić information content (AvgIpc) is 2.39. The standard InChI is InChI=1S/C17H18F2O/c1-11-6-7-13(8-12(11)2)9-15(20)10-14-4-3-5-16(18)17(14)19/h3-8,15,20H,9-10H2,1-2H3. The van der Waals surface area contributed by atoms with Gasteiger partial charge in [0.25, 0.3) is 0 Å². The van der Waals surface area contributed by atoms with Gasteiger partial charge in [0.1, 0.15) is 0 Å². The third-order valence-electron chi connectivity index (χ3n) is 3.53. The zero-order chi connectivity index (χ0) is 14.7. The second-order valence-electron chi connectivity index (χ2n) is 5.19. The molecule has 2 aromatic carbocycles. The Bertz CT molecular complexity index is 608. The highest BCUT2D eigenvalue weighted by molar-refractivity contribution is 5.30. The van der Waals surface area contributed by atoms with Gasteiger partial charge in [-0.1, -0.05) is 30.3 Å². The van der Waals surface area contributed by atoms with Crippen LogP contribution in [0.2, 0.25) is 0 Å². The second-order valence-corrected chi connectivity index (χ2v) is 5.19. The van der Waals surface area contributed by atoms with Gasteiger partial charge in [-0.3, -0.25) is 0 Å². The highest BCUT2D eigenvalue weighted by Gasteiger charge is 2.13. The van der Waals surface area contributed by atoms with Crippen LogP contribution >= 0.6 is 0 Å². The molecule has 0 spiro atoms. The van der Waals surface area contributed by atoms with Gasteiger partial charge >= 0.3 is 0 Å². The molecule has 1 N–H and O–H groups in total. The molecular weight excluding hydrogens is 258 g/mol. The maximum Gasteiger partial charge on any atom is 0.162 e. The first-order valence-corrected chi connectivity index (χ1v) is 6.64. The summed E-state index contributed by atoms with van der Waals surface area (Å²) in [6.07, 6.45) is -0.193.